The molecule has 0 atom stereocenters. The Morgan fingerprint density at radius 1 is 1.17 bits per heavy atom. The summed E-state index contributed by atoms with van der Waals surface area (Å²) in [7, 11) is 0. The number of carbonyl (C=O) groups excluding carboxylic acids is 2. The van der Waals surface area contributed by atoms with Crippen LogP contribution in [0.5, 0.6) is 0 Å². The molecule has 0 fully saturated rings. The molecule has 2 aromatic rings. The molecule has 5 nitrogen and oxygen atoms in total. The monoisotopic (exact) mass is 323 g/mol. The van der Waals surface area contributed by atoms with Gasteiger partial charge in [0.1, 0.15) is 6.54 Å². The average Bonchev–Trinajstić information content (AvgIpc) is 2.61. The van der Waals surface area contributed by atoms with Crippen LogP contribution in [0.1, 0.15) is 23.6 Å². The molecular weight excluding hydrogens is 302 g/mol. The Morgan fingerprint density at radius 2 is 1.96 bits per heavy atom. The summed E-state index contributed by atoms with van der Waals surface area (Å²) >= 11 is 0. The maximum absolute atomic E-state index is 12.6. The summed E-state index contributed by atoms with van der Waals surface area (Å²) in [5.74, 6) is -0.117. The van der Waals surface area contributed by atoms with E-state index in [1.165, 1.54) is 18.1 Å². The molecule has 1 aliphatic heterocycles. The molecule has 0 saturated carbocycles. The van der Waals surface area contributed by atoms with Crippen molar-refractivity contribution in [1.29, 1.82) is 0 Å². The van der Waals surface area contributed by atoms with E-state index in [1.54, 1.807) is 17.3 Å². The van der Waals surface area contributed by atoms with E-state index in [4.69, 9.17) is 0 Å². The van der Waals surface area contributed by atoms with Crippen LogP contribution in [-0.4, -0.2) is 39.7 Å². The molecule has 24 heavy (non-hydrogen) atoms. The zero-order valence-corrected chi connectivity index (χ0v) is 13.8. The number of rotatable bonds is 4. The third kappa shape index (κ3) is 3.79. The number of pyridine rings is 1. The second-order valence-electron chi connectivity index (χ2n) is 6.07. The Labute approximate surface area is 141 Å². The first-order valence-corrected chi connectivity index (χ1v) is 8.12. The van der Waals surface area contributed by atoms with Crippen molar-refractivity contribution < 1.29 is 9.59 Å². The maximum Gasteiger partial charge on any atom is 0.242 e. The fourth-order valence-corrected chi connectivity index (χ4v) is 2.96. The third-order valence-corrected chi connectivity index (χ3v) is 4.35. The minimum atomic E-state index is -0.107. The van der Waals surface area contributed by atoms with Gasteiger partial charge in [-0.1, -0.05) is 30.3 Å². The van der Waals surface area contributed by atoms with E-state index in [2.05, 4.69) is 17.1 Å². The van der Waals surface area contributed by atoms with E-state index < -0.39 is 0 Å². The molecule has 0 saturated heterocycles. The standard InChI is InChI=1S/C19H21N3O2/c1-15(23)22(12-16-5-4-9-20-11-16)14-19(24)21-10-8-17-6-2-3-7-18(17)13-21/h2-7,9,11H,8,10,12-14H2,1H3. The van der Waals surface area contributed by atoms with Gasteiger partial charge in [-0.05, 0) is 29.2 Å². The van der Waals surface area contributed by atoms with Gasteiger partial charge < -0.3 is 9.80 Å². The molecule has 3 rings (SSSR count). The lowest BCUT2D eigenvalue weighted by Gasteiger charge is -2.31. The Morgan fingerprint density at radius 3 is 2.67 bits per heavy atom. The van der Waals surface area contributed by atoms with Crippen LogP contribution in [0.3, 0.4) is 0 Å². The Balaban J connectivity index is 1.65. The molecule has 0 N–H and O–H groups in total. The van der Waals surface area contributed by atoms with Gasteiger partial charge >= 0.3 is 0 Å². The number of fused-ring (bicyclic) bond motifs is 1. The van der Waals surface area contributed by atoms with E-state index in [0.29, 0.717) is 19.6 Å². The quantitative estimate of drug-likeness (QED) is 0.865. The number of hydrogen-bond donors (Lipinski definition) is 0. The second kappa shape index (κ2) is 7.25. The Hall–Kier alpha value is -2.69. The van der Waals surface area contributed by atoms with Crippen LogP contribution >= 0.6 is 0 Å². The number of aromatic nitrogens is 1. The average molecular weight is 323 g/mol. The molecule has 5 heteroatoms. The lowest BCUT2D eigenvalue weighted by Crippen LogP contribution is -2.43. The van der Waals surface area contributed by atoms with Gasteiger partial charge in [-0.3, -0.25) is 14.6 Å². The first kappa shape index (κ1) is 16.2. The number of hydrogen-bond acceptors (Lipinski definition) is 3. The van der Waals surface area contributed by atoms with Gasteiger partial charge in [-0.25, -0.2) is 0 Å². The van der Waals surface area contributed by atoms with Crippen LogP contribution in [0.2, 0.25) is 0 Å². The highest BCUT2D eigenvalue weighted by Crippen LogP contribution is 2.18. The lowest BCUT2D eigenvalue weighted by molar-refractivity contribution is -0.140. The summed E-state index contributed by atoms with van der Waals surface area (Å²) in [6.45, 7) is 3.32. The largest absolute Gasteiger partial charge is 0.336 e. The summed E-state index contributed by atoms with van der Waals surface area (Å²) in [5.41, 5.74) is 3.42. The highest BCUT2D eigenvalue weighted by molar-refractivity contribution is 5.84. The maximum atomic E-state index is 12.6. The SMILES string of the molecule is CC(=O)N(CC(=O)N1CCc2ccccc2C1)Cc1cccnc1. The van der Waals surface area contributed by atoms with Crippen molar-refractivity contribution in [1.82, 2.24) is 14.8 Å². The predicted molar refractivity (Wildman–Crippen MR) is 90.9 cm³/mol. The van der Waals surface area contributed by atoms with E-state index in [-0.39, 0.29) is 18.4 Å². The number of nitrogens with zero attached hydrogens (tertiary/aromatic N) is 3. The minimum Gasteiger partial charge on any atom is -0.336 e. The van der Waals surface area contributed by atoms with E-state index in [0.717, 1.165) is 12.0 Å². The Bertz CT molecular complexity index is 730. The van der Waals surface area contributed by atoms with Crippen molar-refractivity contribution in [2.45, 2.75) is 26.4 Å². The number of amides is 2. The van der Waals surface area contributed by atoms with Gasteiger partial charge in [-0.15, -0.1) is 0 Å². The molecule has 1 aromatic heterocycles. The molecule has 2 heterocycles. The van der Waals surface area contributed by atoms with Crippen LogP contribution in [0, 0.1) is 0 Å². The fraction of sp³-hybridized carbons (Fsp3) is 0.316. The summed E-state index contributed by atoms with van der Waals surface area (Å²) in [6.07, 6.45) is 4.28. The van der Waals surface area contributed by atoms with Gasteiger partial charge in [0.25, 0.3) is 0 Å². The van der Waals surface area contributed by atoms with Crippen LogP contribution in [0.25, 0.3) is 0 Å². The van der Waals surface area contributed by atoms with Crippen molar-refractivity contribution in [3.8, 4) is 0 Å². The highest BCUT2D eigenvalue weighted by Gasteiger charge is 2.23. The highest BCUT2D eigenvalue weighted by atomic mass is 16.2. The van der Waals surface area contributed by atoms with Crippen molar-refractivity contribution >= 4 is 11.8 Å². The first-order valence-electron chi connectivity index (χ1n) is 8.12. The molecule has 124 valence electrons. The van der Waals surface area contributed by atoms with E-state index in [1.807, 2.05) is 29.2 Å². The van der Waals surface area contributed by atoms with Gasteiger partial charge in [0, 0.05) is 39.0 Å². The molecule has 0 unspecified atom stereocenters. The molecule has 1 aliphatic rings. The zero-order chi connectivity index (χ0) is 16.9. The summed E-state index contributed by atoms with van der Waals surface area (Å²) in [6, 6.07) is 11.9. The summed E-state index contributed by atoms with van der Waals surface area (Å²) in [4.78, 5) is 32.0. The predicted octanol–water partition coefficient (Wildman–Crippen LogP) is 2.01. The van der Waals surface area contributed by atoms with Crippen LogP contribution in [0.4, 0.5) is 0 Å². The smallest absolute Gasteiger partial charge is 0.242 e. The second-order valence-corrected chi connectivity index (χ2v) is 6.07. The van der Waals surface area contributed by atoms with Crippen LogP contribution < -0.4 is 0 Å². The summed E-state index contributed by atoms with van der Waals surface area (Å²) < 4.78 is 0. The van der Waals surface area contributed by atoms with E-state index >= 15 is 0 Å². The fourth-order valence-electron chi connectivity index (χ4n) is 2.96. The van der Waals surface area contributed by atoms with Gasteiger partial charge in [0.2, 0.25) is 11.8 Å². The van der Waals surface area contributed by atoms with E-state index in [9.17, 15) is 9.59 Å². The first-order chi connectivity index (χ1) is 11.6. The molecule has 0 bridgehead atoms. The normalized spacial score (nSPS) is 13.3. The molecule has 0 radical (unpaired) electrons. The number of benzene rings is 1. The molecule has 0 spiro atoms. The topological polar surface area (TPSA) is 53.5 Å². The minimum absolute atomic E-state index is 0.0106. The van der Waals surface area contributed by atoms with Gasteiger partial charge in [0.05, 0.1) is 0 Å². The number of carbonyl (C=O) groups is 2. The van der Waals surface area contributed by atoms with Crippen LogP contribution in [0.15, 0.2) is 48.8 Å². The molecular formula is C19H21N3O2. The van der Waals surface area contributed by atoms with Crippen molar-refractivity contribution in [3.05, 3.63) is 65.5 Å². The van der Waals surface area contributed by atoms with Crippen molar-refractivity contribution in [3.63, 3.8) is 0 Å². The van der Waals surface area contributed by atoms with Crippen molar-refractivity contribution in [2.75, 3.05) is 13.1 Å². The van der Waals surface area contributed by atoms with Gasteiger partial charge in [-0.2, -0.15) is 0 Å². The van der Waals surface area contributed by atoms with Gasteiger partial charge in [0.15, 0.2) is 0 Å². The molecule has 1 aromatic carbocycles. The lowest BCUT2D eigenvalue weighted by atomic mass is 10.00. The third-order valence-electron chi connectivity index (χ3n) is 4.35. The Kier molecular flexibility index (Phi) is 4.89. The zero-order valence-electron chi connectivity index (χ0n) is 13.8. The summed E-state index contributed by atoms with van der Waals surface area (Å²) in [5, 5.41) is 0. The molecule has 2 amide bonds. The van der Waals surface area contributed by atoms with Crippen molar-refractivity contribution in [2.24, 2.45) is 0 Å². The van der Waals surface area contributed by atoms with Crippen LogP contribution in [-0.2, 0) is 29.1 Å². The molecule has 0 aliphatic carbocycles.